The molecule has 0 radical (unpaired) electrons. The molecule has 0 spiro atoms. The van der Waals surface area contributed by atoms with Crippen LogP contribution in [0.1, 0.15) is 19.3 Å². The van der Waals surface area contributed by atoms with Gasteiger partial charge in [-0.15, -0.1) is 0 Å². The number of carboxylic acid groups (broad SMARTS) is 1. The van der Waals surface area contributed by atoms with E-state index in [2.05, 4.69) is 0 Å². The maximum Gasteiger partial charge on any atom is 0.303 e. The number of aliphatic carboxylic acids is 1. The van der Waals surface area contributed by atoms with Gasteiger partial charge in [0.2, 0.25) is 0 Å². The zero-order chi connectivity index (χ0) is 10.4. The van der Waals surface area contributed by atoms with E-state index >= 15 is 0 Å². The highest BCUT2D eigenvalue weighted by Gasteiger charge is 2.01. The normalized spacial score (nSPS) is 10.1. The summed E-state index contributed by atoms with van der Waals surface area (Å²) in [5, 5.41) is 8.39. The number of hydrogen-bond acceptors (Lipinski definition) is 1. The van der Waals surface area contributed by atoms with E-state index in [9.17, 15) is 9.18 Å². The molecule has 0 aliphatic carbocycles. The summed E-state index contributed by atoms with van der Waals surface area (Å²) in [5.41, 5.74) is 0. The molecular weight excluding hydrogens is 185 g/mol. The minimum atomic E-state index is -0.769. The summed E-state index contributed by atoms with van der Waals surface area (Å²) >= 11 is 0. The summed E-state index contributed by atoms with van der Waals surface area (Å²) in [4.78, 5) is 10.2. The molecule has 0 aromatic carbocycles. The Kier molecular flexibility index (Phi) is 4.04. The minimum absolute atomic E-state index is 0.196. The molecule has 0 aliphatic rings. The number of aryl methyl sites for hydroxylation is 1. The molecule has 14 heavy (non-hydrogen) atoms. The van der Waals surface area contributed by atoms with Gasteiger partial charge in [-0.1, -0.05) is 0 Å². The smallest absolute Gasteiger partial charge is 0.303 e. The number of unbranched alkanes of at least 4 members (excludes halogenated alkanes) is 1. The summed E-state index contributed by atoms with van der Waals surface area (Å²) in [7, 11) is 0. The fourth-order valence-electron chi connectivity index (χ4n) is 1.16. The quantitative estimate of drug-likeness (QED) is 0.573. The van der Waals surface area contributed by atoms with Crippen LogP contribution >= 0.6 is 0 Å². The Hall–Kier alpha value is -1.45. The van der Waals surface area contributed by atoms with Crippen molar-refractivity contribution in [3.63, 3.8) is 0 Å². The van der Waals surface area contributed by atoms with Crippen molar-refractivity contribution in [1.29, 1.82) is 0 Å². The fraction of sp³-hybridized carbons (Fsp3) is 0.400. The van der Waals surface area contributed by atoms with E-state index in [1.165, 1.54) is 12.1 Å². The first-order chi connectivity index (χ1) is 6.68. The van der Waals surface area contributed by atoms with E-state index in [0.29, 0.717) is 6.42 Å². The first-order valence-electron chi connectivity index (χ1n) is 4.55. The van der Waals surface area contributed by atoms with Crippen molar-refractivity contribution in [2.75, 3.05) is 0 Å². The number of rotatable bonds is 5. The number of carboxylic acids is 1. The SMILES string of the molecule is O=C(O)CCCC[n+]1ccc(F)cc1. The third-order valence-electron chi connectivity index (χ3n) is 1.91. The topological polar surface area (TPSA) is 41.2 Å². The molecule has 0 saturated carbocycles. The van der Waals surface area contributed by atoms with Gasteiger partial charge in [0, 0.05) is 25.0 Å². The van der Waals surface area contributed by atoms with E-state index < -0.39 is 5.97 Å². The Morgan fingerprint density at radius 2 is 2.00 bits per heavy atom. The third kappa shape index (κ3) is 3.98. The average molecular weight is 198 g/mol. The molecule has 3 nitrogen and oxygen atoms in total. The van der Waals surface area contributed by atoms with Crippen molar-refractivity contribution in [2.24, 2.45) is 0 Å². The van der Waals surface area contributed by atoms with E-state index in [0.717, 1.165) is 13.0 Å². The van der Waals surface area contributed by atoms with Gasteiger partial charge in [0.05, 0.1) is 0 Å². The van der Waals surface area contributed by atoms with Gasteiger partial charge in [0.25, 0.3) is 0 Å². The molecule has 1 aromatic rings. The predicted molar refractivity (Wildman–Crippen MR) is 48.1 cm³/mol. The maximum atomic E-state index is 12.5. The number of aromatic nitrogens is 1. The van der Waals surface area contributed by atoms with E-state index in [-0.39, 0.29) is 12.2 Å². The highest BCUT2D eigenvalue weighted by molar-refractivity contribution is 5.66. The summed E-state index contributed by atoms with van der Waals surface area (Å²) in [6, 6.07) is 2.77. The van der Waals surface area contributed by atoms with Crippen molar-refractivity contribution in [3.05, 3.63) is 30.3 Å². The molecular formula is C10H13FNO2+. The van der Waals surface area contributed by atoms with Crippen LogP contribution in [0.4, 0.5) is 4.39 Å². The standard InChI is InChI=1S/C10H12FNO2/c11-9-4-7-12(8-5-9)6-2-1-3-10(13)14/h4-5,7-8H,1-3,6H2/p+1. The van der Waals surface area contributed by atoms with E-state index in [1.54, 1.807) is 12.4 Å². The lowest BCUT2D eigenvalue weighted by Gasteiger charge is -1.95. The molecule has 0 fully saturated rings. The van der Waals surface area contributed by atoms with Crippen LogP contribution in [0.3, 0.4) is 0 Å². The third-order valence-corrected chi connectivity index (χ3v) is 1.91. The summed E-state index contributed by atoms with van der Waals surface area (Å²) < 4.78 is 14.3. The van der Waals surface area contributed by atoms with Crippen molar-refractivity contribution >= 4 is 5.97 Å². The summed E-state index contributed by atoms with van der Waals surface area (Å²) in [6.07, 6.45) is 4.94. The molecule has 0 unspecified atom stereocenters. The van der Waals surface area contributed by atoms with Crippen LogP contribution in [0.15, 0.2) is 24.5 Å². The molecule has 1 heterocycles. The second-order valence-electron chi connectivity index (χ2n) is 3.11. The Morgan fingerprint density at radius 3 is 2.57 bits per heavy atom. The van der Waals surface area contributed by atoms with Crippen LogP contribution in [0.25, 0.3) is 0 Å². The van der Waals surface area contributed by atoms with Crippen molar-refractivity contribution in [2.45, 2.75) is 25.8 Å². The van der Waals surface area contributed by atoms with Crippen molar-refractivity contribution < 1.29 is 18.9 Å². The van der Waals surface area contributed by atoms with Crippen LogP contribution in [0.2, 0.25) is 0 Å². The molecule has 0 atom stereocenters. The molecule has 76 valence electrons. The highest BCUT2D eigenvalue weighted by atomic mass is 19.1. The Morgan fingerprint density at radius 1 is 1.36 bits per heavy atom. The van der Waals surface area contributed by atoms with Crippen molar-refractivity contribution in [3.8, 4) is 0 Å². The maximum absolute atomic E-state index is 12.5. The van der Waals surface area contributed by atoms with E-state index in [4.69, 9.17) is 5.11 Å². The van der Waals surface area contributed by atoms with Crippen LogP contribution in [0.5, 0.6) is 0 Å². The molecule has 1 rings (SSSR count). The Labute approximate surface area is 81.8 Å². The van der Waals surface area contributed by atoms with Crippen LogP contribution in [-0.4, -0.2) is 11.1 Å². The second kappa shape index (κ2) is 5.32. The number of carbonyl (C=O) groups is 1. The van der Waals surface area contributed by atoms with Gasteiger partial charge in [0.15, 0.2) is 12.4 Å². The van der Waals surface area contributed by atoms with E-state index in [1.807, 2.05) is 4.57 Å². The second-order valence-corrected chi connectivity index (χ2v) is 3.11. The van der Waals surface area contributed by atoms with Crippen molar-refractivity contribution in [1.82, 2.24) is 0 Å². The minimum Gasteiger partial charge on any atom is -0.481 e. The first kappa shape index (κ1) is 10.6. The number of halogens is 1. The van der Waals surface area contributed by atoms with Gasteiger partial charge < -0.3 is 5.11 Å². The lowest BCUT2D eigenvalue weighted by Crippen LogP contribution is -2.32. The van der Waals surface area contributed by atoms with Crippen LogP contribution < -0.4 is 4.57 Å². The monoisotopic (exact) mass is 198 g/mol. The molecule has 1 N–H and O–H groups in total. The number of pyridine rings is 1. The zero-order valence-corrected chi connectivity index (χ0v) is 7.82. The Bertz CT molecular complexity index is 297. The fourth-order valence-corrected chi connectivity index (χ4v) is 1.16. The predicted octanol–water partition coefficient (Wildman–Crippen LogP) is 1.37. The van der Waals surface area contributed by atoms with Gasteiger partial charge in [-0.25, -0.2) is 8.96 Å². The summed E-state index contributed by atoms with van der Waals surface area (Å²) in [5.74, 6) is -1.03. The first-order valence-corrected chi connectivity index (χ1v) is 4.55. The zero-order valence-electron chi connectivity index (χ0n) is 7.82. The molecule has 0 saturated heterocycles. The largest absolute Gasteiger partial charge is 0.481 e. The Balaban J connectivity index is 2.25. The molecule has 1 aromatic heterocycles. The average Bonchev–Trinajstić information content (AvgIpc) is 2.15. The van der Waals surface area contributed by atoms with Gasteiger partial charge in [0.1, 0.15) is 12.4 Å². The molecule has 4 heteroatoms. The lowest BCUT2D eigenvalue weighted by molar-refractivity contribution is -0.697. The van der Waals surface area contributed by atoms with Gasteiger partial charge in [-0.3, -0.25) is 4.79 Å². The van der Waals surface area contributed by atoms with Crippen LogP contribution in [-0.2, 0) is 11.3 Å². The van der Waals surface area contributed by atoms with Gasteiger partial charge in [-0.2, -0.15) is 0 Å². The molecule has 0 amide bonds. The summed E-state index contributed by atoms with van der Waals surface area (Å²) in [6.45, 7) is 0.730. The number of nitrogens with zero attached hydrogens (tertiary/aromatic N) is 1. The highest BCUT2D eigenvalue weighted by Crippen LogP contribution is 1.95. The van der Waals surface area contributed by atoms with Crippen LogP contribution in [0, 0.1) is 5.82 Å². The molecule has 0 aliphatic heterocycles. The lowest BCUT2D eigenvalue weighted by atomic mass is 10.2. The van der Waals surface area contributed by atoms with Gasteiger partial charge >= 0.3 is 5.97 Å². The number of hydrogen-bond donors (Lipinski definition) is 1. The molecule has 0 bridgehead atoms. The van der Waals surface area contributed by atoms with Gasteiger partial charge in [-0.05, 0) is 6.42 Å².